The third-order valence-corrected chi connectivity index (χ3v) is 3.69. The predicted molar refractivity (Wildman–Crippen MR) is 80.1 cm³/mol. The van der Waals surface area contributed by atoms with Crippen LogP contribution in [0.5, 0.6) is 0 Å². The lowest BCUT2D eigenvalue weighted by atomic mass is 10.0. The second-order valence-electron chi connectivity index (χ2n) is 6.94. The van der Waals surface area contributed by atoms with Gasteiger partial charge in [0.2, 0.25) is 0 Å². The van der Waals surface area contributed by atoms with Crippen molar-refractivity contribution in [3.05, 3.63) is 0 Å². The molecule has 1 fully saturated rings. The van der Waals surface area contributed by atoms with E-state index in [1.165, 1.54) is 25.9 Å². The first-order chi connectivity index (χ1) is 8.40. The van der Waals surface area contributed by atoms with E-state index in [0.717, 1.165) is 25.6 Å². The van der Waals surface area contributed by atoms with Gasteiger partial charge in [-0.1, -0.05) is 13.8 Å². The molecule has 0 aromatic heterocycles. The van der Waals surface area contributed by atoms with Crippen LogP contribution in [-0.2, 0) is 0 Å². The number of rotatable bonds is 7. The van der Waals surface area contributed by atoms with Crippen molar-refractivity contribution < 1.29 is 0 Å². The molecular formula is C15H33N3. The highest BCUT2D eigenvalue weighted by molar-refractivity contribution is 4.81. The Labute approximate surface area is 114 Å². The van der Waals surface area contributed by atoms with Crippen molar-refractivity contribution in [2.75, 3.05) is 32.7 Å². The normalized spacial score (nSPS) is 19.7. The monoisotopic (exact) mass is 255 g/mol. The molecule has 108 valence electrons. The van der Waals surface area contributed by atoms with Crippen LogP contribution in [0.25, 0.3) is 0 Å². The van der Waals surface area contributed by atoms with E-state index in [-0.39, 0.29) is 5.54 Å². The Kier molecular flexibility index (Phi) is 6.61. The highest BCUT2D eigenvalue weighted by atomic mass is 15.2. The minimum atomic E-state index is 0.230. The van der Waals surface area contributed by atoms with Crippen LogP contribution < -0.4 is 10.6 Å². The Bertz CT molecular complexity index is 214. The lowest BCUT2D eigenvalue weighted by molar-refractivity contribution is 0.186. The van der Waals surface area contributed by atoms with Crippen LogP contribution in [0.3, 0.4) is 0 Å². The zero-order valence-electron chi connectivity index (χ0n) is 13.1. The molecule has 0 aromatic rings. The molecular weight excluding hydrogens is 222 g/mol. The van der Waals surface area contributed by atoms with Gasteiger partial charge in [0.1, 0.15) is 0 Å². The summed E-state index contributed by atoms with van der Waals surface area (Å²) in [4.78, 5) is 2.66. The molecule has 1 rings (SSSR count). The average Bonchev–Trinajstić information content (AvgIpc) is 2.74. The molecule has 0 aromatic carbocycles. The van der Waals surface area contributed by atoms with Gasteiger partial charge in [0.25, 0.3) is 0 Å². The average molecular weight is 255 g/mol. The molecule has 2 N–H and O–H groups in total. The molecule has 1 aliphatic rings. The lowest BCUT2D eigenvalue weighted by Gasteiger charge is -2.31. The van der Waals surface area contributed by atoms with Gasteiger partial charge < -0.3 is 10.6 Å². The molecule has 0 spiro atoms. The van der Waals surface area contributed by atoms with Gasteiger partial charge in [0.05, 0.1) is 0 Å². The molecule has 0 amide bonds. The molecule has 3 heteroatoms. The number of nitrogens with one attached hydrogen (secondary N) is 2. The van der Waals surface area contributed by atoms with Crippen LogP contribution in [0.1, 0.15) is 47.5 Å². The molecule has 1 heterocycles. The van der Waals surface area contributed by atoms with Crippen LogP contribution in [0.4, 0.5) is 0 Å². The first-order valence-corrected chi connectivity index (χ1v) is 7.60. The number of hydrogen-bond acceptors (Lipinski definition) is 3. The summed E-state index contributed by atoms with van der Waals surface area (Å²) < 4.78 is 0. The van der Waals surface area contributed by atoms with Crippen molar-refractivity contribution in [3.63, 3.8) is 0 Å². The van der Waals surface area contributed by atoms with E-state index in [9.17, 15) is 0 Å². The summed E-state index contributed by atoms with van der Waals surface area (Å²) in [6.45, 7) is 17.2. The van der Waals surface area contributed by atoms with Gasteiger partial charge in [-0.3, -0.25) is 4.90 Å². The minimum Gasteiger partial charge on any atom is -0.314 e. The lowest BCUT2D eigenvalue weighted by Crippen LogP contribution is -2.46. The van der Waals surface area contributed by atoms with E-state index < -0.39 is 0 Å². The van der Waals surface area contributed by atoms with Gasteiger partial charge in [-0.25, -0.2) is 0 Å². The minimum absolute atomic E-state index is 0.230. The zero-order chi connectivity index (χ0) is 13.6. The fourth-order valence-corrected chi connectivity index (χ4v) is 2.64. The molecule has 0 bridgehead atoms. The summed E-state index contributed by atoms with van der Waals surface area (Å²) in [5.74, 6) is 0.742. The molecule has 1 aliphatic heterocycles. The Morgan fingerprint density at radius 1 is 1.06 bits per heavy atom. The molecule has 0 radical (unpaired) electrons. The second-order valence-corrected chi connectivity index (χ2v) is 6.94. The molecule has 3 nitrogen and oxygen atoms in total. The predicted octanol–water partition coefficient (Wildman–Crippen LogP) is 2.08. The van der Waals surface area contributed by atoms with Gasteiger partial charge in [-0.15, -0.1) is 0 Å². The summed E-state index contributed by atoms with van der Waals surface area (Å²) in [5, 5.41) is 7.13. The first-order valence-electron chi connectivity index (χ1n) is 7.60. The van der Waals surface area contributed by atoms with Gasteiger partial charge in [-0.05, 0) is 52.6 Å². The molecule has 1 atom stereocenters. The van der Waals surface area contributed by atoms with Crippen LogP contribution >= 0.6 is 0 Å². The summed E-state index contributed by atoms with van der Waals surface area (Å²) in [5.41, 5.74) is 0.230. The SMILES string of the molecule is CC(C)C(CNCCNC(C)(C)C)N1CCCC1. The van der Waals surface area contributed by atoms with Gasteiger partial charge in [0, 0.05) is 31.2 Å². The van der Waals surface area contributed by atoms with E-state index in [1.807, 2.05) is 0 Å². The van der Waals surface area contributed by atoms with Crippen molar-refractivity contribution in [1.82, 2.24) is 15.5 Å². The topological polar surface area (TPSA) is 27.3 Å². The molecule has 1 unspecified atom stereocenters. The van der Waals surface area contributed by atoms with E-state index in [4.69, 9.17) is 0 Å². The second kappa shape index (κ2) is 7.46. The zero-order valence-corrected chi connectivity index (χ0v) is 13.1. The van der Waals surface area contributed by atoms with Crippen molar-refractivity contribution >= 4 is 0 Å². The van der Waals surface area contributed by atoms with Crippen LogP contribution in [0.15, 0.2) is 0 Å². The van der Waals surface area contributed by atoms with Crippen LogP contribution in [0, 0.1) is 5.92 Å². The highest BCUT2D eigenvalue weighted by Gasteiger charge is 2.23. The quantitative estimate of drug-likeness (QED) is 0.682. The van der Waals surface area contributed by atoms with Crippen molar-refractivity contribution in [3.8, 4) is 0 Å². The van der Waals surface area contributed by atoms with E-state index >= 15 is 0 Å². The number of likely N-dealkylation sites (tertiary alicyclic amines) is 1. The Hall–Kier alpha value is -0.120. The fraction of sp³-hybridized carbons (Fsp3) is 1.00. The summed E-state index contributed by atoms with van der Waals surface area (Å²) in [6, 6.07) is 0.710. The molecule has 0 aliphatic carbocycles. The maximum absolute atomic E-state index is 3.61. The van der Waals surface area contributed by atoms with Crippen LogP contribution in [-0.4, -0.2) is 49.2 Å². The third-order valence-electron chi connectivity index (χ3n) is 3.69. The fourth-order valence-electron chi connectivity index (χ4n) is 2.64. The standard InChI is InChI=1S/C15H33N3/c1-13(2)14(18-10-6-7-11-18)12-16-8-9-17-15(3,4)5/h13-14,16-17H,6-12H2,1-5H3. The van der Waals surface area contributed by atoms with E-state index in [0.29, 0.717) is 6.04 Å². The van der Waals surface area contributed by atoms with Gasteiger partial charge in [-0.2, -0.15) is 0 Å². The maximum Gasteiger partial charge on any atom is 0.0243 e. The van der Waals surface area contributed by atoms with Gasteiger partial charge >= 0.3 is 0 Å². The highest BCUT2D eigenvalue weighted by Crippen LogP contribution is 2.16. The van der Waals surface area contributed by atoms with Gasteiger partial charge in [0.15, 0.2) is 0 Å². The number of nitrogens with zero attached hydrogens (tertiary/aromatic N) is 1. The largest absolute Gasteiger partial charge is 0.314 e. The Morgan fingerprint density at radius 3 is 2.17 bits per heavy atom. The Balaban J connectivity index is 2.18. The molecule has 0 saturated carbocycles. The summed E-state index contributed by atoms with van der Waals surface area (Å²) >= 11 is 0. The van der Waals surface area contributed by atoms with Crippen molar-refractivity contribution in [2.45, 2.75) is 59.0 Å². The Morgan fingerprint density at radius 2 is 1.67 bits per heavy atom. The third kappa shape index (κ3) is 6.17. The summed E-state index contributed by atoms with van der Waals surface area (Å²) in [7, 11) is 0. The maximum atomic E-state index is 3.61. The number of hydrogen-bond donors (Lipinski definition) is 2. The summed E-state index contributed by atoms with van der Waals surface area (Å²) in [6.07, 6.45) is 2.77. The molecule has 18 heavy (non-hydrogen) atoms. The van der Waals surface area contributed by atoms with Crippen LogP contribution in [0.2, 0.25) is 0 Å². The molecule has 1 saturated heterocycles. The smallest absolute Gasteiger partial charge is 0.0243 e. The van der Waals surface area contributed by atoms with Crippen molar-refractivity contribution in [2.24, 2.45) is 5.92 Å². The van der Waals surface area contributed by atoms with Crippen molar-refractivity contribution in [1.29, 1.82) is 0 Å². The first kappa shape index (κ1) is 15.9. The van der Waals surface area contributed by atoms with E-state index in [1.54, 1.807) is 0 Å². The van der Waals surface area contributed by atoms with E-state index in [2.05, 4.69) is 50.2 Å².